The molecule has 0 aromatic heterocycles. The molecular weight excluding hydrogens is 236 g/mol. The van der Waals surface area contributed by atoms with E-state index >= 15 is 0 Å². The molecule has 0 bridgehead atoms. The zero-order valence-corrected chi connectivity index (χ0v) is 11.9. The van der Waals surface area contributed by atoms with E-state index in [2.05, 4.69) is 13.8 Å². The number of nitrogen functional groups attached to an aromatic ring is 1. The molecule has 1 fully saturated rings. The van der Waals surface area contributed by atoms with Crippen LogP contribution in [-0.4, -0.2) is 11.9 Å². The fourth-order valence-corrected chi connectivity index (χ4v) is 3.13. The Hall–Kier alpha value is -1.35. The van der Waals surface area contributed by atoms with E-state index in [1.807, 2.05) is 24.3 Å². The number of nitrogens with two attached hydrogens (primary N) is 1. The van der Waals surface area contributed by atoms with Gasteiger partial charge in [-0.3, -0.25) is 5.41 Å². The lowest BCUT2D eigenvalue weighted by Crippen LogP contribution is -2.26. The third kappa shape index (κ3) is 3.80. The molecule has 1 aliphatic rings. The lowest BCUT2D eigenvalue weighted by atomic mass is 9.82. The summed E-state index contributed by atoms with van der Waals surface area (Å²) in [6.45, 7) is 5.16. The molecule has 3 heteroatoms. The number of nitrogens with one attached hydrogen (secondary N) is 1. The monoisotopic (exact) mass is 260 g/mol. The molecule has 2 atom stereocenters. The summed E-state index contributed by atoms with van der Waals surface area (Å²) in [7, 11) is 0. The molecule has 0 aliphatic heterocycles. The standard InChI is InChI=1S/C16H24N2O/c1-11-7-12(2)9-14(8-11)19-10-13-5-3-4-6-15(13)16(17)18/h3-6,11-12,14H,7-10H2,1-2H3,(H3,17,18). The number of benzene rings is 1. The third-order valence-electron chi connectivity index (χ3n) is 3.92. The van der Waals surface area contributed by atoms with Crippen molar-refractivity contribution in [1.29, 1.82) is 5.41 Å². The highest BCUT2D eigenvalue weighted by molar-refractivity contribution is 5.96. The highest BCUT2D eigenvalue weighted by Crippen LogP contribution is 2.30. The van der Waals surface area contributed by atoms with Crippen LogP contribution in [0.5, 0.6) is 0 Å². The van der Waals surface area contributed by atoms with Crippen LogP contribution in [0.4, 0.5) is 0 Å². The first kappa shape index (κ1) is 14.1. The predicted octanol–water partition coefficient (Wildman–Crippen LogP) is 3.31. The quantitative estimate of drug-likeness (QED) is 0.644. The molecule has 19 heavy (non-hydrogen) atoms. The Kier molecular flexibility index (Phi) is 4.59. The van der Waals surface area contributed by atoms with Crippen molar-refractivity contribution in [3.8, 4) is 0 Å². The Bertz CT molecular complexity index is 434. The van der Waals surface area contributed by atoms with E-state index in [4.69, 9.17) is 15.9 Å². The number of hydrogen-bond donors (Lipinski definition) is 2. The van der Waals surface area contributed by atoms with Gasteiger partial charge in [-0.25, -0.2) is 0 Å². The van der Waals surface area contributed by atoms with E-state index in [0.29, 0.717) is 12.7 Å². The molecular formula is C16H24N2O. The molecule has 0 heterocycles. The number of hydrogen-bond acceptors (Lipinski definition) is 2. The van der Waals surface area contributed by atoms with Crippen molar-refractivity contribution in [2.45, 2.75) is 45.8 Å². The Balaban J connectivity index is 1.97. The average Bonchev–Trinajstić information content (AvgIpc) is 2.35. The van der Waals surface area contributed by atoms with E-state index in [1.165, 1.54) is 6.42 Å². The second-order valence-electron chi connectivity index (χ2n) is 5.92. The van der Waals surface area contributed by atoms with Crippen molar-refractivity contribution < 1.29 is 4.74 Å². The topological polar surface area (TPSA) is 59.1 Å². The number of amidine groups is 1. The van der Waals surface area contributed by atoms with E-state index in [-0.39, 0.29) is 5.84 Å². The van der Waals surface area contributed by atoms with Gasteiger partial charge in [0.25, 0.3) is 0 Å². The fourth-order valence-electron chi connectivity index (χ4n) is 3.13. The van der Waals surface area contributed by atoms with Gasteiger partial charge in [-0.2, -0.15) is 0 Å². The summed E-state index contributed by atoms with van der Waals surface area (Å²) in [6, 6.07) is 7.75. The normalized spacial score (nSPS) is 27.2. The lowest BCUT2D eigenvalue weighted by molar-refractivity contribution is -0.00920. The van der Waals surface area contributed by atoms with E-state index < -0.39 is 0 Å². The molecule has 2 rings (SSSR count). The summed E-state index contributed by atoms with van der Waals surface area (Å²) in [6.07, 6.45) is 3.95. The lowest BCUT2D eigenvalue weighted by Gasteiger charge is -2.31. The summed E-state index contributed by atoms with van der Waals surface area (Å²) in [5.74, 6) is 1.61. The number of ether oxygens (including phenoxy) is 1. The minimum absolute atomic E-state index is 0.115. The Labute approximate surface area is 115 Å². The van der Waals surface area contributed by atoms with Crippen LogP contribution in [0.3, 0.4) is 0 Å². The van der Waals surface area contributed by atoms with Crippen LogP contribution in [0.1, 0.15) is 44.2 Å². The predicted molar refractivity (Wildman–Crippen MR) is 78.2 cm³/mol. The minimum Gasteiger partial charge on any atom is -0.384 e. The molecule has 1 aliphatic carbocycles. The van der Waals surface area contributed by atoms with Crippen LogP contribution in [0.25, 0.3) is 0 Å². The van der Waals surface area contributed by atoms with Crippen LogP contribution in [-0.2, 0) is 11.3 Å². The van der Waals surface area contributed by atoms with Gasteiger partial charge in [0.2, 0.25) is 0 Å². The molecule has 1 saturated carbocycles. The van der Waals surface area contributed by atoms with Gasteiger partial charge >= 0.3 is 0 Å². The minimum atomic E-state index is 0.115. The smallest absolute Gasteiger partial charge is 0.123 e. The molecule has 3 N–H and O–H groups in total. The molecule has 0 saturated heterocycles. The highest BCUT2D eigenvalue weighted by atomic mass is 16.5. The Morgan fingerprint density at radius 1 is 1.21 bits per heavy atom. The first-order chi connectivity index (χ1) is 9.06. The molecule has 1 aromatic carbocycles. The Morgan fingerprint density at radius 2 is 1.84 bits per heavy atom. The van der Waals surface area contributed by atoms with Crippen LogP contribution in [0.15, 0.2) is 24.3 Å². The van der Waals surface area contributed by atoms with Crippen molar-refractivity contribution in [3.05, 3.63) is 35.4 Å². The third-order valence-corrected chi connectivity index (χ3v) is 3.92. The van der Waals surface area contributed by atoms with Crippen molar-refractivity contribution in [3.63, 3.8) is 0 Å². The summed E-state index contributed by atoms with van der Waals surface area (Å²) < 4.78 is 6.05. The summed E-state index contributed by atoms with van der Waals surface area (Å²) in [5.41, 5.74) is 7.40. The molecule has 1 aromatic rings. The maximum Gasteiger partial charge on any atom is 0.123 e. The van der Waals surface area contributed by atoms with Gasteiger partial charge in [-0.1, -0.05) is 38.1 Å². The summed E-state index contributed by atoms with van der Waals surface area (Å²) in [4.78, 5) is 0. The first-order valence-corrected chi connectivity index (χ1v) is 7.10. The van der Waals surface area contributed by atoms with Crippen molar-refractivity contribution in [1.82, 2.24) is 0 Å². The van der Waals surface area contributed by atoms with Gasteiger partial charge in [0.1, 0.15) is 5.84 Å². The second kappa shape index (κ2) is 6.20. The zero-order valence-electron chi connectivity index (χ0n) is 11.9. The highest BCUT2D eigenvalue weighted by Gasteiger charge is 2.24. The van der Waals surface area contributed by atoms with Crippen molar-refractivity contribution in [2.24, 2.45) is 17.6 Å². The maximum atomic E-state index is 7.59. The second-order valence-corrected chi connectivity index (χ2v) is 5.92. The molecule has 0 spiro atoms. The fraction of sp³-hybridized carbons (Fsp3) is 0.562. The summed E-state index contributed by atoms with van der Waals surface area (Å²) in [5, 5.41) is 7.59. The van der Waals surface area contributed by atoms with Gasteiger partial charge in [0, 0.05) is 5.56 Å². The molecule has 0 radical (unpaired) electrons. The van der Waals surface area contributed by atoms with Gasteiger partial charge < -0.3 is 10.5 Å². The van der Waals surface area contributed by atoms with Crippen LogP contribution < -0.4 is 5.73 Å². The van der Waals surface area contributed by atoms with Gasteiger partial charge in [-0.15, -0.1) is 0 Å². The van der Waals surface area contributed by atoms with Crippen LogP contribution in [0.2, 0.25) is 0 Å². The summed E-state index contributed by atoms with van der Waals surface area (Å²) >= 11 is 0. The maximum absolute atomic E-state index is 7.59. The van der Waals surface area contributed by atoms with Crippen LogP contribution in [0, 0.1) is 17.2 Å². The van der Waals surface area contributed by atoms with Gasteiger partial charge in [0.15, 0.2) is 0 Å². The Morgan fingerprint density at radius 3 is 2.47 bits per heavy atom. The zero-order chi connectivity index (χ0) is 13.8. The largest absolute Gasteiger partial charge is 0.384 e. The SMILES string of the molecule is CC1CC(C)CC(OCc2ccccc2C(=N)N)C1. The molecule has 0 amide bonds. The average molecular weight is 260 g/mol. The molecule has 2 unspecified atom stereocenters. The van der Waals surface area contributed by atoms with Crippen molar-refractivity contribution >= 4 is 5.84 Å². The van der Waals surface area contributed by atoms with Crippen molar-refractivity contribution in [2.75, 3.05) is 0 Å². The van der Waals surface area contributed by atoms with E-state index in [1.54, 1.807) is 0 Å². The number of rotatable bonds is 4. The van der Waals surface area contributed by atoms with E-state index in [9.17, 15) is 0 Å². The van der Waals surface area contributed by atoms with Gasteiger partial charge in [-0.05, 0) is 36.7 Å². The van der Waals surface area contributed by atoms with E-state index in [0.717, 1.165) is 35.8 Å². The van der Waals surface area contributed by atoms with Crippen LogP contribution >= 0.6 is 0 Å². The van der Waals surface area contributed by atoms with Gasteiger partial charge in [0.05, 0.1) is 12.7 Å². The first-order valence-electron chi connectivity index (χ1n) is 7.10. The molecule has 104 valence electrons. The molecule has 3 nitrogen and oxygen atoms in total.